The van der Waals surface area contributed by atoms with Gasteiger partial charge in [-0.05, 0) is 50.7 Å². The van der Waals surface area contributed by atoms with E-state index >= 15 is 0 Å². The highest BCUT2D eigenvalue weighted by Crippen LogP contribution is 2.29. The van der Waals surface area contributed by atoms with Crippen molar-refractivity contribution in [3.63, 3.8) is 0 Å². The van der Waals surface area contributed by atoms with Crippen LogP contribution in [0.2, 0.25) is 0 Å². The number of hydrogen-bond acceptors (Lipinski definition) is 2. The van der Waals surface area contributed by atoms with Crippen molar-refractivity contribution in [3.05, 3.63) is 70.8 Å². The minimum atomic E-state index is -0.188. The predicted octanol–water partition coefficient (Wildman–Crippen LogP) is 5.77. The van der Waals surface area contributed by atoms with Gasteiger partial charge in [-0.25, -0.2) is 4.79 Å². The van der Waals surface area contributed by atoms with E-state index in [1.165, 1.54) is 16.7 Å². The molecule has 138 valence electrons. The summed E-state index contributed by atoms with van der Waals surface area (Å²) in [6, 6.07) is 17.1. The molecule has 1 aliphatic heterocycles. The molecule has 3 nitrogen and oxygen atoms in total. The maximum absolute atomic E-state index is 12.3. The van der Waals surface area contributed by atoms with Gasteiger partial charge in [-0.3, -0.25) is 4.90 Å². The Balaban J connectivity index is 1.57. The Bertz CT molecular complexity index is 770. The zero-order valence-electron chi connectivity index (χ0n) is 16.2. The van der Waals surface area contributed by atoms with E-state index in [9.17, 15) is 4.79 Å². The van der Waals surface area contributed by atoms with Crippen LogP contribution in [-0.2, 0) is 4.74 Å². The molecule has 2 aromatic rings. The van der Waals surface area contributed by atoms with Crippen molar-refractivity contribution in [2.75, 3.05) is 6.54 Å². The number of nitrogens with zero attached hydrogens (tertiary/aromatic N) is 1. The first-order chi connectivity index (χ1) is 12.4. The minimum absolute atomic E-state index is 0.0120. The zero-order chi connectivity index (χ0) is 18.7. The molecule has 1 aliphatic rings. The largest absolute Gasteiger partial charge is 0.444 e. The van der Waals surface area contributed by atoms with Gasteiger partial charge in [-0.1, -0.05) is 66.6 Å². The van der Waals surface area contributed by atoms with E-state index in [1.807, 2.05) is 11.0 Å². The molecule has 1 amide bonds. The molecule has 3 atom stereocenters. The summed E-state index contributed by atoms with van der Waals surface area (Å²) in [5.74, 6) is 0.469. The second-order valence-corrected chi connectivity index (χ2v) is 7.64. The molecular weight excluding hydrogens is 322 g/mol. The molecular formula is C23H29NO2. The molecule has 0 bridgehead atoms. The van der Waals surface area contributed by atoms with Crippen LogP contribution in [0.3, 0.4) is 0 Å². The third-order valence-electron chi connectivity index (χ3n) is 5.43. The number of carbonyl (C=O) groups excluding carboxylic acids is 1. The molecule has 1 saturated heterocycles. The molecule has 0 unspecified atom stereocenters. The molecule has 0 N–H and O–H groups in total. The van der Waals surface area contributed by atoms with Crippen LogP contribution in [-0.4, -0.2) is 23.6 Å². The van der Waals surface area contributed by atoms with Crippen LogP contribution in [0.4, 0.5) is 4.79 Å². The number of benzene rings is 2. The summed E-state index contributed by atoms with van der Waals surface area (Å²) in [5.41, 5.74) is 5.03. The van der Waals surface area contributed by atoms with Crippen molar-refractivity contribution >= 4 is 6.09 Å². The highest BCUT2D eigenvalue weighted by atomic mass is 16.6. The van der Waals surface area contributed by atoms with E-state index < -0.39 is 0 Å². The van der Waals surface area contributed by atoms with Crippen LogP contribution >= 0.6 is 0 Å². The number of aryl methyl sites for hydroxylation is 2. The van der Waals surface area contributed by atoms with Crippen LogP contribution in [0.25, 0.3) is 0 Å². The molecule has 26 heavy (non-hydrogen) atoms. The third-order valence-corrected chi connectivity index (χ3v) is 5.43. The van der Waals surface area contributed by atoms with Gasteiger partial charge in [0.15, 0.2) is 0 Å². The smallest absolute Gasteiger partial charge is 0.410 e. The van der Waals surface area contributed by atoms with Gasteiger partial charge in [0.2, 0.25) is 0 Å². The number of carbonyl (C=O) groups is 1. The Labute approximate surface area is 157 Å². The first-order valence-electron chi connectivity index (χ1n) is 9.54. The molecule has 1 fully saturated rings. The lowest BCUT2D eigenvalue weighted by Gasteiger charge is -2.22. The first kappa shape index (κ1) is 18.5. The van der Waals surface area contributed by atoms with E-state index in [4.69, 9.17) is 4.74 Å². The van der Waals surface area contributed by atoms with Crippen LogP contribution < -0.4 is 0 Å². The maximum atomic E-state index is 12.3. The fraction of sp³-hybridized carbons (Fsp3) is 0.435. The monoisotopic (exact) mass is 351 g/mol. The van der Waals surface area contributed by atoms with Gasteiger partial charge >= 0.3 is 6.09 Å². The Morgan fingerprint density at radius 1 is 1.04 bits per heavy atom. The second-order valence-electron chi connectivity index (χ2n) is 7.64. The van der Waals surface area contributed by atoms with Gasteiger partial charge in [-0.15, -0.1) is 0 Å². The fourth-order valence-corrected chi connectivity index (χ4v) is 3.70. The SMILES string of the molecule is Cc1cccc([C@H](C)CC[C@H]2CN([C@@H](C)c3cccc(C)c3)C(=O)O2)c1. The van der Waals surface area contributed by atoms with Gasteiger partial charge in [-0.2, -0.15) is 0 Å². The number of hydrogen-bond donors (Lipinski definition) is 0. The van der Waals surface area contributed by atoms with Crippen molar-refractivity contribution in [1.82, 2.24) is 4.90 Å². The topological polar surface area (TPSA) is 29.5 Å². The molecule has 0 radical (unpaired) electrons. The Kier molecular flexibility index (Phi) is 5.65. The molecule has 0 aromatic heterocycles. The Morgan fingerprint density at radius 3 is 2.31 bits per heavy atom. The zero-order valence-corrected chi connectivity index (χ0v) is 16.2. The lowest BCUT2D eigenvalue weighted by molar-refractivity contribution is 0.124. The van der Waals surface area contributed by atoms with Crippen molar-refractivity contribution < 1.29 is 9.53 Å². The van der Waals surface area contributed by atoms with Crippen LogP contribution in [0, 0.1) is 13.8 Å². The first-order valence-corrected chi connectivity index (χ1v) is 9.54. The number of ether oxygens (including phenoxy) is 1. The molecule has 0 saturated carbocycles. The maximum Gasteiger partial charge on any atom is 0.410 e. The van der Waals surface area contributed by atoms with Crippen molar-refractivity contribution in [2.45, 2.75) is 58.6 Å². The van der Waals surface area contributed by atoms with Crippen molar-refractivity contribution in [2.24, 2.45) is 0 Å². The lowest BCUT2D eigenvalue weighted by Crippen LogP contribution is -2.28. The van der Waals surface area contributed by atoms with Gasteiger partial charge in [0.05, 0.1) is 12.6 Å². The van der Waals surface area contributed by atoms with Crippen molar-refractivity contribution in [3.8, 4) is 0 Å². The summed E-state index contributed by atoms with van der Waals surface area (Å²) in [5, 5.41) is 0. The summed E-state index contributed by atoms with van der Waals surface area (Å²) >= 11 is 0. The van der Waals surface area contributed by atoms with Gasteiger partial charge < -0.3 is 4.74 Å². The van der Waals surface area contributed by atoms with E-state index in [0.29, 0.717) is 12.5 Å². The molecule has 0 aliphatic carbocycles. The highest BCUT2D eigenvalue weighted by Gasteiger charge is 2.34. The summed E-state index contributed by atoms with van der Waals surface area (Å²) in [6.07, 6.45) is 1.72. The normalized spacial score (nSPS) is 19.3. The molecule has 2 aromatic carbocycles. The Morgan fingerprint density at radius 2 is 1.65 bits per heavy atom. The highest BCUT2D eigenvalue weighted by molar-refractivity contribution is 5.70. The van der Waals surface area contributed by atoms with Crippen molar-refractivity contribution in [1.29, 1.82) is 0 Å². The average Bonchev–Trinajstić information content (AvgIpc) is 2.99. The summed E-state index contributed by atoms with van der Waals surface area (Å²) in [7, 11) is 0. The number of rotatable bonds is 6. The van der Waals surface area contributed by atoms with E-state index in [0.717, 1.165) is 18.4 Å². The molecule has 0 spiro atoms. The number of amides is 1. The molecule has 1 heterocycles. The average molecular weight is 351 g/mol. The third kappa shape index (κ3) is 4.27. The Hall–Kier alpha value is -2.29. The predicted molar refractivity (Wildman–Crippen MR) is 105 cm³/mol. The lowest BCUT2D eigenvalue weighted by atomic mass is 9.93. The van der Waals surface area contributed by atoms with Gasteiger partial charge in [0, 0.05) is 0 Å². The fourth-order valence-electron chi connectivity index (χ4n) is 3.70. The standard InChI is InChI=1S/C23H29NO2/c1-16-7-5-9-20(13-16)18(3)11-12-22-15-24(23(25)26-22)19(4)21-10-6-8-17(2)14-21/h5-10,13-14,18-19,22H,11-12,15H2,1-4H3/t18-,19+,22+/m1/s1. The van der Waals surface area contributed by atoms with E-state index in [1.54, 1.807) is 0 Å². The van der Waals surface area contributed by atoms with E-state index in [-0.39, 0.29) is 18.2 Å². The second kappa shape index (κ2) is 7.94. The molecule has 3 heteroatoms. The summed E-state index contributed by atoms with van der Waals surface area (Å²) < 4.78 is 5.64. The number of cyclic esters (lactones) is 1. The molecule has 3 rings (SSSR count). The quantitative estimate of drug-likeness (QED) is 0.661. The van der Waals surface area contributed by atoms with Crippen LogP contribution in [0.5, 0.6) is 0 Å². The minimum Gasteiger partial charge on any atom is -0.444 e. The van der Waals surface area contributed by atoms with Gasteiger partial charge in [0.1, 0.15) is 6.10 Å². The van der Waals surface area contributed by atoms with Gasteiger partial charge in [0.25, 0.3) is 0 Å². The summed E-state index contributed by atoms with van der Waals surface area (Å²) in [6.45, 7) is 9.20. The van der Waals surface area contributed by atoms with Crippen LogP contribution in [0.15, 0.2) is 48.5 Å². The summed E-state index contributed by atoms with van der Waals surface area (Å²) in [4.78, 5) is 14.2. The van der Waals surface area contributed by atoms with E-state index in [2.05, 4.69) is 70.2 Å². The van der Waals surface area contributed by atoms with Crippen LogP contribution in [0.1, 0.15) is 60.9 Å².